The minimum Gasteiger partial charge on any atom is -0.323 e. The third kappa shape index (κ3) is 3.30. The first kappa shape index (κ1) is 18.0. The van der Waals surface area contributed by atoms with Crippen LogP contribution in [0.3, 0.4) is 0 Å². The zero-order chi connectivity index (χ0) is 19.8. The van der Waals surface area contributed by atoms with Crippen LogP contribution < -0.4 is 4.90 Å². The topological polar surface area (TPSA) is 38.1 Å². The molecule has 0 saturated carbocycles. The Morgan fingerprint density at radius 3 is 2.48 bits per heavy atom. The van der Waals surface area contributed by atoms with E-state index in [2.05, 4.69) is 22.8 Å². The summed E-state index contributed by atoms with van der Waals surface area (Å²) in [7, 11) is 0. The molecule has 4 nitrogen and oxygen atoms in total. The highest BCUT2D eigenvalue weighted by Gasteiger charge is 2.35. The van der Waals surface area contributed by atoms with Crippen LogP contribution >= 0.6 is 11.6 Å². The minimum atomic E-state index is 0.0230. The highest BCUT2D eigenvalue weighted by atomic mass is 35.5. The zero-order valence-electron chi connectivity index (χ0n) is 15.8. The molecule has 4 aromatic rings. The number of anilines is 1. The summed E-state index contributed by atoms with van der Waals surface area (Å²) in [4.78, 5) is 19.5. The maximum Gasteiger partial charge on any atom is 0.227 e. The molecule has 3 aromatic carbocycles. The van der Waals surface area contributed by atoms with Gasteiger partial charge in [-0.1, -0.05) is 66.2 Å². The van der Waals surface area contributed by atoms with Crippen molar-refractivity contribution in [2.45, 2.75) is 18.9 Å². The summed E-state index contributed by atoms with van der Waals surface area (Å²) >= 11 is 6.35. The number of halogens is 1. The van der Waals surface area contributed by atoms with Gasteiger partial charge in [0.2, 0.25) is 5.91 Å². The summed E-state index contributed by atoms with van der Waals surface area (Å²) < 4.78 is 2.25. The number of rotatable bonds is 4. The van der Waals surface area contributed by atoms with Crippen molar-refractivity contribution in [3.05, 3.63) is 95.3 Å². The van der Waals surface area contributed by atoms with Crippen molar-refractivity contribution in [2.24, 2.45) is 0 Å². The molecule has 1 saturated heterocycles. The predicted molar refractivity (Wildman–Crippen MR) is 116 cm³/mol. The molecule has 1 fully saturated rings. The van der Waals surface area contributed by atoms with E-state index in [1.807, 2.05) is 60.7 Å². The van der Waals surface area contributed by atoms with Crippen LogP contribution in [0.2, 0.25) is 5.02 Å². The SMILES string of the molecule is O=C1C[C@H](c2nc3ccccc3n2Cc2ccccc2)CN1c1ccccc1Cl. The van der Waals surface area contributed by atoms with Crippen LogP contribution in [-0.4, -0.2) is 22.0 Å². The summed E-state index contributed by atoms with van der Waals surface area (Å²) in [5.41, 5.74) is 4.04. The number of para-hydroxylation sites is 3. The quantitative estimate of drug-likeness (QED) is 0.468. The van der Waals surface area contributed by atoms with Crippen molar-refractivity contribution in [1.82, 2.24) is 9.55 Å². The van der Waals surface area contributed by atoms with Gasteiger partial charge in [0.15, 0.2) is 0 Å². The largest absolute Gasteiger partial charge is 0.323 e. The third-order valence-corrected chi connectivity index (χ3v) is 5.82. The summed E-state index contributed by atoms with van der Waals surface area (Å²) in [6.07, 6.45) is 0.434. The van der Waals surface area contributed by atoms with Crippen LogP contribution in [0.4, 0.5) is 5.69 Å². The molecular weight excluding hydrogens is 382 g/mol. The molecule has 5 rings (SSSR count). The van der Waals surface area contributed by atoms with Gasteiger partial charge in [0.05, 0.1) is 21.7 Å². The number of nitrogens with zero attached hydrogens (tertiary/aromatic N) is 3. The Morgan fingerprint density at radius 2 is 1.66 bits per heavy atom. The smallest absolute Gasteiger partial charge is 0.227 e. The Balaban J connectivity index is 1.54. The third-order valence-electron chi connectivity index (χ3n) is 5.50. The molecule has 1 aliphatic rings. The fraction of sp³-hybridized carbons (Fsp3) is 0.167. The van der Waals surface area contributed by atoms with E-state index in [4.69, 9.17) is 16.6 Å². The molecule has 1 aromatic heterocycles. The van der Waals surface area contributed by atoms with Gasteiger partial charge in [-0.25, -0.2) is 4.98 Å². The van der Waals surface area contributed by atoms with Crippen LogP contribution in [0.15, 0.2) is 78.9 Å². The molecule has 0 bridgehead atoms. The summed E-state index contributed by atoms with van der Waals surface area (Å²) in [6.45, 7) is 1.31. The van der Waals surface area contributed by atoms with Gasteiger partial charge in [-0.15, -0.1) is 0 Å². The van der Waals surface area contributed by atoms with Crippen molar-refractivity contribution in [2.75, 3.05) is 11.4 Å². The molecule has 2 heterocycles. The lowest BCUT2D eigenvalue weighted by Gasteiger charge is -2.18. The monoisotopic (exact) mass is 401 g/mol. The molecule has 0 aliphatic carbocycles. The average Bonchev–Trinajstić information content (AvgIpc) is 3.30. The summed E-state index contributed by atoms with van der Waals surface area (Å²) in [5, 5.41) is 0.597. The van der Waals surface area contributed by atoms with E-state index in [0.29, 0.717) is 18.0 Å². The molecule has 144 valence electrons. The molecule has 29 heavy (non-hydrogen) atoms. The number of imidazole rings is 1. The molecule has 1 amide bonds. The molecule has 0 radical (unpaired) electrons. The first-order valence-corrected chi connectivity index (χ1v) is 10.1. The Hall–Kier alpha value is -3.11. The van der Waals surface area contributed by atoms with Gasteiger partial charge in [0.25, 0.3) is 0 Å². The Bertz CT molecular complexity index is 1190. The molecular formula is C24H20ClN3O. The van der Waals surface area contributed by atoms with Gasteiger partial charge in [-0.3, -0.25) is 4.79 Å². The van der Waals surface area contributed by atoms with E-state index >= 15 is 0 Å². The van der Waals surface area contributed by atoms with E-state index in [-0.39, 0.29) is 11.8 Å². The van der Waals surface area contributed by atoms with E-state index < -0.39 is 0 Å². The van der Waals surface area contributed by atoms with E-state index in [9.17, 15) is 4.79 Å². The zero-order valence-corrected chi connectivity index (χ0v) is 16.6. The van der Waals surface area contributed by atoms with Gasteiger partial charge < -0.3 is 9.47 Å². The van der Waals surface area contributed by atoms with Crippen molar-refractivity contribution >= 4 is 34.2 Å². The van der Waals surface area contributed by atoms with Crippen LogP contribution in [-0.2, 0) is 11.3 Å². The van der Waals surface area contributed by atoms with E-state index in [1.54, 1.807) is 4.90 Å². The lowest BCUT2D eigenvalue weighted by Crippen LogP contribution is -2.24. The van der Waals surface area contributed by atoms with Crippen molar-refractivity contribution < 1.29 is 4.79 Å². The van der Waals surface area contributed by atoms with E-state index in [0.717, 1.165) is 29.1 Å². The highest BCUT2D eigenvalue weighted by Crippen LogP contribution is 2.36. The van der Waals surface area contributed by atoms with Gasteiger partial charge in [-0.05, 0) is 29.8 Å². The molecule has 0 spiro atoms. The van der Waals surface area contributed by atoms with Crippen molar-refractivity contribution in [1.29, 1.82) is 0 Å². The molecule has 1 atom stereocenters. The number of benzene rings is 3. The molecule has 5 heteroatoms. The molecule has 1 aliphatic heterocycles. The first-order chi connectivity index (χ1) is 14.2. The second-order valence-corrected chi connectivity index (χ2v) is 7.79. The fourth-order valence-electron chi connectivity index (χ4n) is 4.12. The van der Waals surface area contributed by atoms with Crippen LogP contribution in [0.1, 0.15) is 23.7 Å². The van der Waals surface area contributed by atoms with Gasteiger partial charge in [-0.2, -0.15) is 0 Å². The van der Waals surface area contributed by atoms with Crippen molar-refractivity contribution in [3.8, 4) is 0 Å². The van der Waals surface area contributed by atoms with Gasteiger partial charge in [0.1, 0.15) is 5.82 Å². The maximum atomic E-state index is 12.8. The lowest BCUT2D eigenvalue weighted by atomic mass is 10.1. The Morgan fingerprint density at radius 1 is 0.931 bits per heavy atom. The minimum absolute atomic E-state index is 0.0230. The van der Waals surface area contributed by atoms with Gasteiger partial charge >= 0.3 is 0 Å². The maximum absolute atomic E-state index is 12.8. The second kappa shape index (κ2) is 7.37. The molecule has 0 unspecified atom stereocenters. The average molecular weight is 402 g/mol. The number of carbonyl (C=O) groups excluding carboxylic acids is 1. The second-order valence-electron chi connectivity index (χ2n) is 7.39. The van der Waals surface area contributed by atoms with Gasteiger partial charge in [0, 0.05) is 25.4 Å². The highest BCUT2D eigenvalue weighted by molar-refractivity contribution is 6.33. The summed E-state index contributed by atoms with van der Waals surface area (Å²) in [5.74, 6) is 1.06. The van der Waals surface area contributed by atoms with Crippen LogP contribution in [0, 0.1) is 0 Å². The number of amides is 1. The Labute approximate surface area is 174 Å². The normalized spacial score (nSPS) is 16.7. The lowest BCUT2D eigenvalue weighted by molar-refractivity contribution is -0.117. The summed E-state index contributed by atoms with van der Waals surface area (Å²) in [6, 6.07) is 26.0. The number of aromatic nitrogens is 2. The predicted octanol–water partition coefficient (Wildman–Crippen LogP) is 5.26. The van der Waals surface area contributed by atoms with Crippen LogP contribution in [0.25, 0.3) is 11.0 Å². The number of hydrogen-bond acceptors (Lipinski definition) is 2. The molecule has 0 N–H and O–H groups in total. The van der Waals surface area contributed by atoms with Crippen LogP contribution in [0.5, 0.6) is 0 Å². The number of hydrogen-bond donors (Lipinski definition) is 0. The number of carbonyl (C=O) groups is 1. The standard InChI is InChI=1S/C24H20ClN3O/c25-19-10-4-6-12-21(19)27-16-18(14-23(27)29)24-26-20-11-5-7-13-22(20)28(24)15-17-8-2-1-3-9-17/h1-13,18H,14-16H2/t18-/m0/s1. The first-order valence-electron chi connectivity index (χ1n) is 9.74. The number of fused-ring (bicyclic) bond motifs is 1. The van der Waals surface area contributed by atoms with Crippen molar-refractivity contribution in [3.63, 3.8) is 0 Å². The van der Waals surface area contributed by atoms with E-state index in [1.165, 1.54) is 5.56 Å². The fourth-order valence-corrected chi connectivity index (χ4v) is 4.36. The Kier molecular flexibility index (Phi) is 4.57.